The summed E-state index contributed by atoms with van der Waals surface area (Å²) < 4.78 is 4.77. The Balaban J connectivity index is 3.93. The van der Waals surface area contributed by atoms with Gasteiger partial charge in [-0.25, -0.2) is 4.79 Å². The van der Waals surface area contributed by atoms with Crippen LogP contribution in [0.2, 0.25) is 0 Å². The number of amides is 1. The molecule has 0 aromatic carbocycles. The molecule has 5 heteroatoms. The molecule has 2 N–H and O–H groups in total. The summed E-state index contributed by atoms with van der Waals surface area (Å²) in [4.78, 5) is 22.0. The second-order valence-corrected chi connectivity index (χ2v) is 3.34. The number of carbonyl (C=O) groups is 2. The number of carboxylic acid groups (broad SMARTS) is 1. The first-order chi connectivity index (χ1) is 7.11. The lowest BCUT2D eigenvalue weighted by Crippen LogP contribution is -2.41. The Kier molecular flexibility index (Phi) is 7.62. The third kappa shape index (κ3) is 6.90. The Morgan fingerprint density at radius 3 is 2.60 bits per heavy atom. The maximum Gasteiger partial charge on any atom is 0.326 e. The Hall–Kier alpha value is -1.10. The first-order valence-electron chi connectivity index (χ1n) is 5.13. The quantitative estimate of drug-likeness (QED) is 0.630. The van der Waals surface area contributed by atoms with E-state index in [0.717, 1.165) is 12.8 Å². The van der Waals surface area contributed by atoms with Gasteiger partial charge in [0, 0.05) is 26.6 Å². The normalized spacial score (nSPS) is 12.1. The van der Waals surface area contributed by atoms with Gasteiger partial charge in [-0.3, -0.25) is 4.79 Å². The molecule has 88 valence electrons. The molecule has 0 aliphatic heterocycles. The zero-order valence-electron chi connectivity index (χ0n) is 9.28. The van der Waals surface area contributed by atoms with E-state index >= 15 is 0 Å². The summed E-state index contributed by atoms with van der Waals surface area (Å²) in [5.41, 5.74) is 0. The van der Waals surface area contributed by atoms with Crippen molar-refractivity contribution in [2.45, 2.75) is 38.6 Å². The highest BCUT2D eigenvalue weighted by molar-refractivity contribution is 5.83. The van der Waals surface area contributed by atoms with Crippen molar-refractivity contribution in [2.24, 2.45) is 0 Å². The van der Waals surface area contributed by atoms with E-state index in [4.69, 9.17) is 9.84 Å². The van der Waals surface area contributed by atoms with Crippen molar-refractivity contribution in [3.05, 3.63) is 0 Å². The molecule has 1 atom stereocenters. The SMILES string of the molecule is CCCCC(=O)NC(CCOC)C(=O)O. The van der Waals surface area contributed by atoms with Crippen molar-refractivity contribution in [2.75, 3.05) is 13.7 Å². The second kappa shape index (κ2) is 8.23. The van der Waals surface area contributed by atoms with Gasteiger partial charge in [-0.15, -0.1) is 0 Å². The number of unbranched alkanes of at least 4 members (excludes halogenated alkanes) is 1. The average Bonchev–Trinajstić information content (AvgIpc) is 2.20. The smallest absolute Gasteiger partial charge is 0.326 e. The molecule has 0 aromatic rings. The van der Waals surface area contributed by atoms with Gasteiger partial charge in [0.05, 0.1) is 0 Å². The van der Waals surface area contributed by atoms with Gasteiger partial charge in [0.25, 0.3) is 0 Å². The van der Waals surface area contributed by atoms with E-state index in [0.29, 0.717) is 19.4 Å². The van der Waals surface area contributed by atoms with Crippen molar-refractivity contribution in [3.63, 3.8) is 0 Å². The van der Waals surface area contributed by atoms with Crippen LogP contribution in [-0.4, -0.2) is 36.7 Å². The molecule has 0 saturated carbocycles. The van der Waals surface area contributed by atoms with Crippen LogP contribution in [0.1, 0.15) is 32.6 Å². The molecule has 1 amide bonds. The van der Waals surface area contributed by atoms with E-state index in [1.807, 2.05) is 6.92 Å². The molecule has 0 aliphatic carbocycles. The van der Waals surface area contributed by atoms with Crippen LogP contribution < -0.4 is 5.32 Å². The van der Waals surface area contributed by atoms with Crippen molar-refractivity contribution < 1.29 is 19.4 Å². The number of hydrogen-bond donors (Lipinski definition) is 2. The van der Waals surface area contributed by atoms with E-state index in [2.05, 4.69) is 5.32 Å². The minimum Gasteiger partial charge on any atom is -0.480 e. The number of hydrogen-bond acceptors (Lipinski definition) is 3. The van der Waals surface area contributed by atoms with Crippen LogP contribution in [0.3, 0.4) is 0 Å². The predicted molar refractivity (Wildman–Crippen MR) is 55.6 cm³/mol. The highest BCUT2D eigenvalue weighted by atomic mass is 16.5. The predicted octanol–water partition coefficient (Wildman–Crippen LogP) is 0.782. The van der Waals surface area contributed by atoms with Crippen molar-refractivity contribution in [1.82, 2.24) is 5.32 Å². The fraction of sp³-hybridized carbons (Fsp3) is 0.800. The lowest BCUT2D eigenvalue weighted by Gasteiger charge is -2.13. The zero-order valence-corrected chi connectivity index (χ0v) is 9.28. The van der Waals surface area contributed by atoms with Crippen LogP contribution in [0.4, 0.5) is 0 Å². The summed E-state index contributed by atoms with van der Waals surface area (Å²) in [6.07, 6.45) is 2.38. The van der Waals surface area contributed by atoms with Gasteiger partial charge in [0.1, 0.15) is 6.04 Å². The summed E-state index contributed by atoms with van der Waals surface area (Å²) >= 11 is 0. The van der Waals surface area contributed by atoms with Crippen LogP contribution >= 0.6 is 0 Å². The molecule has 15 heavy (non-hydrogen) atoms. The highest BCUT2D eigenvalue weighted by Crippen LogP contribution is 1.97. The molecule has 5 nitrogen and oxygen atoms in total. The van der Waals surface area contributed by atoms with Gasteiger partial charge in [-0.1, -0.05) is 13.3 Å². The maximum absolute atomic E-state index is 11.3. The molecule has 0 fully saturated rings. The molecule has 1 unspecified atom stereocenters. The van der Waals surface area contributed by atoms with E-state index in [1.54, 1.807) is 0 Å². The number of carbonyl (C=O) groups excluding carboxylic acids is 1. The standard InChI is InChI=1S/C10H19NO4/c1-3-4-5-9(12)11-8(10(13)14)6-7-15-2/h8H,3-7H2,1-2H3,(H,11,12)(H,13,14). The number of ether oxygens (including phenoxy) is 1. The largest absolute Gasteiger partial charge is 0.480 e. The summed E-state index contributed by atoms with van der Waals surface area (Å²) in [5, 5.41) is 11.3. The first-order valence-corrected chi connectivity index (χ1v) is 5.13. The van der Waals surface area contributed by atoms with Gasteiger partial charge in [-0.05, 0) is 6.42 Å². The van der Waals surface area contributed by atoms with Crippen LogP contribution in [-0.2, 0) is 14.3 Å². The maximum atomic E-state index is 11.3. The molecule has 0 aromatic heterocycles. The molecule has 0 radical (unpaired) electrons. The third-order valence-electron chi connectivity index (χ3n) is 2.00. The molecular weight excluding hydrogens is 198 g/mol. The van der Waals surface area contributed by atoms with E-state index < -0.39 is 12.0 Å². The minimum absolute atomic E-state index is 0.208. The third-order valence-corrected chi connectivity index (χ3v) is 2.00. The summed E-state index contributed by atoms with van der Waals surface area (Å²) in [6, 6.07) is -0.839. The first kappa shape index (κ1) is 13.9. The minimum atomic E-state index is -1.02. The van der Waals surface area contributed by atoms with Crippen LogP contribution in [0, 0.1) is 0 Å². The lowest BCUT2D eigenvalue weighted by atomic mass is 10.2. The van der Waals surface area contributed by atoms with Crippen molar-refractivity contribution >= 4 is 11.9 Å². The molecule has 0 aliphatic rings. The van der Waals surface area contributed by atoms with Crippen LogP contribution in [0.25, 0.3) is 0 Å². The Morgan fingerprint density at radius 2 is 2.13 bits per heavy atom. The number of carboxylic acids is 1. The molecular formula is C10H19NO4. The number of nitrogens with one attached hydrogen (secondary N) is 1. The highest BCUT2D eigenvalue weighted by Gasteiger charge is 2.18. The molecule has 0 heterocycles. The fourth-order valence-electron chi connectivity index (χ4n) is 1.10. The topological polar surface area (TPSA) is 75.6 Å². The Morgan fingerprint density at radius 1 is 1.47 bits per heavy atom. The lowest BCUT2D eigenvalue weighted by molar-refractivity contribution is -0.142. The number of aliphatic carboxylic acids is 1. The van der Waals surface area contributed by atoms with Gasteiger partial charge in [0.2, 0.25) is 5.91 Å². The fourth-order valence-corrected chi connectivity index (χ4v) is 1.10. The summed E-state index contributed by atoms with van der Waals surface area (Å²) in [5.74, 6) is -1.22. The van der Waals surface area contributed by atoms with E-state index in [1.165, 1.54) is 7.11 Å². The Labute approximate surface area is 89.8 Å². The summed E-state index contributed by atoms with van der Waals surface area (Å²) in [7, 11) is 1.50. The number of methoxy groups -OCH3 is 1. The molecule has 0 rings (SSSR count). The summed E-state index contributed by atoms with van der Waals surface area (Å²) in [6.45, 7) is 2.30. The van der Waals surface area contributed by atoms with Crippen LogP contribution in [0.5, 0.6) is 0 Å². The average molecular weight is 217 g/mol. The van der Waals surface area contributed by atoms with Gasteiger partial charge in [-0.2, -0.15) is 0 Å². The van der Waals surface area contributed by atoms with E-state index in [9.17, 15) is 9.59 Å². The van der Waals surface area contributed by atoms with Crippen LogP contribution in [0.15, 0.2) is 0 Å². The van der Waals surface area contributed by atoms with Crippen molar-refractivity contribution in [3.8, 4) is 0 Å². The van der Waals surface area contributed by atoms with Gasteiger partial charge >= 0.3 is 5.97 Å². The Bertz CT molecular complexity index is 206. The number of rotatable bonds is 8. The zero-order chi connectivity index (χ0) is 11.7. The second-order valence-electron chi connectivity index (χ2n) is 3.34. The van der Waals surface area contributed by atoms with E-state index in [-0.39, 0.29) is 5.91 Å². The molecule has 0 saturated heterocycles. The monoisotopic (exact) mass is 217 g/mol. The molecule has 0 bridgehead atoms. The van der Waals surface area contributed by atoms with Gasteiger partial charge in [0.15, 0.2) is 0 Å². The van der Waals surface area contributed by atoms with Crippen molar-refractivity contribution in [1.29, 1.82) is 0 Å². The van der Waals surface area contributed by atoms with Gasteiger partial charge < -0.3 is 15.2 Å². The molecule has 0 spiro atoms.